The van der Waals surface area contributed by atoms with Gasteiger partial charge in [-0.3, -0.25) is 0 Å². The van der Waals surface area contributed by atoms with Gasteiger partial charge in [0, 0.05) is 0 Å². The van der Waals surface area contributed by atoms with Crippen LogP contribution >= 0.6 is 0 Å². The van der Waals surface area contributed by atoms with Gasteiger partial charge in [0.25, 0.3) is 0 Å². The minimum Gasteiger partial charge on any atom is -0.497 e. The number of aliphatic hydroxyl groups is 1. The van der Waals surface area contributed by atoms with Crippen LogP contribution in [0.3, 0.4) is 0 Å². The maximum Gasteiger partial charge on any atom is 0.118 e. The molecule has 3 nitrogen and oxygen atoms in total. The van der Waals surface area contributed by atoms with E-state index in [-0.39, 0.29) is 18.8 Å². The lowest BCUT2D eigenvalue weighted by molar-refractivity contribution is 0.242. The number of methoxy groups -OCH3 is 1. The number of benzene rings is 1. The predicted molar refractivity (Wildman–Crippen MR) is 47.7 cm³/mol. The SMILES string of the molecule is COc1ccc([C@H]2O[C@H]2CO)cc1. The average molecular weight is 180 g/mol. The van der Waals surface area contributed by atoms with Crippen LogP contribution in [0.25, 0.3) is 0 Å². The second-order valence-electron chi connectivity index (χ2n) is 3.05. The Hall–Kier alpha value is -1.06. The summed E-state index contributed by atoms with van der Waals surface area (Å²) in [5, 5.41) is 8.79. The molecule has 0 saturated carbocycles. The standard InChI is InChI=1S/C10H12O3/c1-12-8-4-2-7(3-5-8)10-9(6-11)13-10/h2-5,9-11H,6H2,1H3/t9-,10+/m0/s1. The van der Waals surface area contributed by atoms with E-state index in [0.717, 1.165) is 11.3 Å². The van der Waals surface area contributed by atoms with Crippen LogP contribution < -0.4 is 4.74 Å². The molecular formula is C10H12O3. The van der Waals surface area contributed by atoms with E-state index in [1.807, 2.05) is 24.3 Å². The summed E-state index contributed by atoms with van der Waals surface area (Å²) >= 11 is 0. The van der Waals surface area contributed by atoms with Crippen molar-refractivity contribution in [2.24, 2.45) is 0 Å². The minimum atomic E-state index is -0.00612. The monoisotopic (exact) mass is 180 g/mol. The molecule has 1 aliphatic heterocycles. The first kappa shape index (κ1) is 8.53. The number of aliphatic hydroxyl groups excluding tert-OH is 1. The summed E-state index contributed by atoms with van der Waals surface area (Å²) in [5.74, 6) is 0.838. The van der Waals surface area contributed by atoms with Gasteiger partial charge in [0.05, 0.1) is 13.7 Å². The Morgan fingerprint density at radius 2 is 2.08 bits per heavy atom. The Morgan fingerprint density at radius 3 is 2.54 bits per heavy atom. The zero-order chi connectivity index (χ0) is 9.26. The molecule has 0 aliphatic carbocycles. The van der Waals surface area contributed by atoms with Gasteiger partial charge in [-0.15, -0.1) is 0 Å². The van der Waals surface area contributed by atoms with Crippen molar-refractivity contribution in [2.45, 2.75) is 12.2 Å². The molecule has 0 bridgehead atoms. The van der Waals surface area contributed by atoms with Gasteiger partial charge < -0.3 is 14.6 Å². The predicted octanol–water partition coefficient (Wildman–Crippen LogP) is 1.13. The van der Waals surface area contributed by atoms with E-state index in [0.29, 0.717) is 0 Å². The number of hydrogen-bond donors (Lipinski definition) is 1. The lowest BCUT2D eigenvalue weighted by Gasteiger charge is -1.99. The summed E-state index contributed by atoms with van der Waals surface area (Å²) in [5.41, 5.74) is 1.10. The molecule has 1 aromatic carbocycles. The first-order valence-electron chi connectivity index (χ1n) is 4.25. The van der Waals surface area contributed by atoms with Gasteiger partial charge in [0.15, 0.2) is 0 Å². The topological polar surface area (TPSA) is 42.0 Å². The van der Waals surface area contributed by atoms with E-state index in [1.165, 1.54) is 0 Å². The van der Waals surface area contributed by atoms with Gasteiger partial charge in [-0.1, -0.05) is 12.1 Å². The molecular weight excluding hydrogens is 168 g/mol. The second-order valence-corrected chi connectivity index (χ2v) is 3.05. The van der Waals surface area contributed by atoms with Crippen molar-refractivity contribution in [1.29, 1.82) is 0 Å². The normalized spacial score (nSPS) is 25.7. The molecule has 2 atom stereocenters. The fraction of sp³-hybridized carbons (Fsp3) is 0.400. The van der Waals surface area contributed by atoms with Gasteiger partial charge in [0.2, 0.25) is 0 Å². The quantitative estimate of drug-likeness (QED) is 0.709. The van der Waals surface area contributed by atoms with Crippen LogP contribution in [0.15, 0.2) is 24.3 Å². The van der Waals surface area contributed by atoms with Gasteiger partial charge in [0.1, 0.15) is 18.0 Å². The molecule has 1 aromatic rings. The lowest BCUT2D eigenvalue weighted by Crippen LogP contribution is -1.94. The average Bonchev–Trinajstić information content (AvgIpc) is 2.97. The fourth-order valence-corrected chi connectivity index (χ4v) is 1.37. The van der Waals surface area contributed by atoms with Crippen LogP contribution in [-0.4, -0.2) is 24.9 Å². The summed E-state index contributed by atoms with van der Waals surface area (Å²) in [6, 6.07) is 7.70. The highest BCUT2D eigenvalue weighted by atomic mass is 16.6. The molecule has 2 rings (SSSR count). The summed E-state index contributed by atoms with van der Waals surface area (Å²) < 4.78 is 10.3. The van der Waals surface area contributed by atoms with E-state index in [2.05, 4.69) is 0 Å². The number of rotatable bonds is 3. The molecule has 1 aliphatic rings. The summed E-state index contributed by atoms with van der Waals surface area (Å²) in [6.07, 6.45) is 0.0734. The van der Waals surface area contributed by atoms with Crippen LogP contribution in [-0.2, 0) is 4.74 Å². The molecule has 1 fully saturated rings. The molecule has 1 N–H and O–H groups in total. The highest BCUT2D eigenvalue weighted by molar-refractivity contribution is 5.30. The Morgan fingerprint density at radius 1 is 1.38 bits per heavy atom. The molecule has 13 heavy (non-hydrogen) atoms. The Bertz CT molecular complexity index is 281. The van der Waals surface area contributed by atoms with E-state index in [9.17, 15) is 0 Å². The molecule has 0 unspecified atom stereocenters. The Kier molecular flexibility index (Phi) is 2.20. The van der Waals surface area contributed by atoms with Gasteiger partial charge in [-0.2, -0.15) is 0 Å². The largest absolute Gasteiger partial charge is 0.497 e. The number of hydrogen-bond acceptors (Lipinski definition) is 3. The molecule has 70 valence electrons. The van der Waals surface area contributed by atoms with Crippen LogP contribution in [0.4, 0.5) is 0 Å². The lowest BCUT2D eigenvalue weighted by atomic mass is 10.1. The Balaban J connectivity index is 2.07. The maximum absolute atomic E-state index is 8.79. The number of epoxide rings is 1. The first-order valence-corrected chi connectivity index (χ1v) is 4.25. The smallest absolute Gasteiger partial charge is 0.118 e. The van der Waals surface area contributed by atoms with Crippen LogP contribution in [0, 0.1) is 0 Å². The van der Waals surface area contributed by atoms with E-state index in [1.54, 1.807) is 7.11 Å². The van der Waals surface area contributed by atoms with E-state index >= 15 is 0 Å². The number of ether oxygens (including phenoxy) is 2. The maximum atomic E-state index is 8.79. The van der Waals surface area contributed by atoms with E-state index in [4.69, 9.17) is 14.6 Å². The van der Waals surface area contributed by atoms with Crippen molar-refractivity contribution in [3.8, 4) is 5.75 Å². The molecule has 3 heteroatoms. The van der Waals surface area contributed by atoms with Crippen LogP contribution in [0.5, 0.6) is 5.75 Å². The summed E-state index contributed by atoms with van der Waals surface area (Å²) in [7, 11) is 1.64. The van der Waals surface area contributed by atoms with Gasteiger partial charge in [-0.05, 0) is 17.7 Å². The van der Waals surface area contributed by atoms with Gasteiger partial charge in [-0.25, -0.2) is 0 Å². The van der Waals surface area contributed by atoms with Crippen LogP contribution in [0.2, 0.25) is 0 Å². The third-order valence-electron chi connectivity index (χ3n) is 2.21. The Labute approximate surface area is 76.9 Å². The third-order valence-corrected chi connectivity index (χ3v) is 2.21. The zero-order valence-corrected chi connectivity index (χ0v) is 7.43. The van der Waals surface area contributed by atoms with E-state index < -0.39 is 0 Å². The van der Waals surface area contributed by atoms with Crippen molar-refractivity contribution >= 4 is 0 Å². The molecule has 0 aromatic heterocycles. The van der Waals surface area contributed by atoms with Crippen molar-refractivity contribution in [1.82, 2.24) is 0 Å². The van der Waals surface area contributed by atoms with Gasteiger partial charge >= 0.3 is 0 Å². The molecule has 0 spiro atoms. The highest BCUT2D eigenvalue weighted by Gasteiger charge is 2.39. The summed E-state index contributed by atoms with van der Waals surface area (Å²) in [6.45, 7) is 0.0939. The molecule has 1 saturated heterocycles. The minimum absolute atomic E-state index is 0.00612. The van der Waals surface area contributed by atoms with Crippen molar-refractivity contribution < 1.29 is 14.6 Å². The fourth-order valence-electron chi connectivity index (χ4n) is 1.37. The second kappa shape index (κ2) is 3.36. The third kappa shape index (κ3) is 1.66. The summed E-state index contributed by atoms with van der Waals surface area (Å²) in [4.78, 5) is 0. The van der Waals surface area contributed by atoms with Crippen molar-refractivity contribution in [3.63, 3.8) is 0 Å². The molecule has 0 radical (unpaired) electrons. The zero-order valence-electron chi connectivity index (χ0n) is 7.43. The highest BCUT2D eigenvalue weighted by Crippen LogP contribution is 2.38. The first-order chi connectivity index (χ1) is 6.35. The molecule has 1 heterocycles. The van der Waals surface area contributed by atoms with Crippen LogP contribution in [0.1, 0.15) is 11.7 Å². The molecule has 0 amide bonds. The van der Waals surface area contributed by atoms with Crippen molar-refractivity contribution in [2.75, 3.05) is 13.7 Å². The van der Waals surface area contributed by atoms with Crippen molar-refractivity contribution in [3.05, 3.63) is 29.8 Å².